The van der Waals surface area contributed by atoms with Gasteiger partial charge in [0.25, 0.3) is 5.91 Å². The van der Waals surface area contributed by atoms with Crippen molar-refractivity contribution in [3.8, 4) is 6.07 Å². The molecule has 2 rings (SSSR count). The van der Waals surface area contributed by atoms with Crippen LogP contribution in [0.15, 0.2) is 18.2 Å². The summed E-state index contributed by atoms with van der Waals surface area (Å²) in [7, 11) is 0. The van der Waals surface area contributed by atoms with Crippen molar-refractivity contribution in [2.75, 3.05) is 17.2 Å². The number of nitrogens with zero attached hydrogens (tertiary/aromatic N) is 3. The summed E-state index contributed by atoms with van der Waals surface area (Å²) in [5, 5.41) is 9.38. The number of amides is 1. The Bertz CT molecular complexity index is 755. The highest BCUT2D eigenvalue weighted by atomic mass is 32.2. The lowest BCUT2D eigenvalue weighted by atomic mass is 10.0. The summed E-state index contributed by atoms with van der Waals surface area (Å²) >= 11 is 3.35. The molecular weight excluding hydrogens is 346 g/mol. The van der Waals surface area contributed by atoms with E-state index in [0.29, 0.717) is 29.3 Å². The third-order valence-electron chi connectivity index (χ3n) is 4.10. The van der Waals surface area contributed by atoms with Gasteiger partial charge in [0, 0.05) is 12.3 Å². The fraction of sp³-hybridized carbons (Fsp3) is 0.438. The number of benzene rings is 1. The van der Waals surface area contributed by atoms with E-state index < -0.39 is 16.6 Å². The summed E-state index contributed by atoms with van der Waals surface area (Å²) in [4.78, 5) is 16.0. The Kier molecular flexibility index (Phi) is 5.38. The van der Waals surface area contributed by atoms with Gasteiger partial charge in [-0.3, -0.25) is 13.9 Å². The van der Waals surface area contributed by atoms with Crippen molar-refractivity contribution in [1.29, 1.82) is 5.26 Å². The van der Waals surface area contributed by atoms with E-state index in [-0.39, 0.29) is 11.7 Å². The van der Waals surface area contributed by atoms with Crippen molar-refractivity contribution in [2.45, 2.75) is 32.7 Å². The minimum atomic E-state index is -2.11. The van der Waals surface area contributed by atoms with Crippen LogP contribution in [0.5, 0.6) is 0 Å². The molecule has 24 heavy (non-hydrogen) atoms. The molecule has 1 aromatic rings. The lowest BCUT2D eigenvalue weighted by molar-refractivity contribution is -0.123. The molecule has 0 bridgehead atoms. The summed E-state index contributed by atoms with van der Waals surface area (Å²) in [6, 6.07) is 7.21. The number of nitriles is 1. The third-order valence-corrected chi connectivity index (χ3v) is 5.13. The maximum absolute atomic E-state index is 12.8. The van der Waals surface area contributed by atoms with Crippen molar-refractivity contribution >= 4 is 40.0 Å². The van der Waals surface area contributed by atoms with E-state index >= 15 is 0 Å². The van der Waals surface area contributed by atoms with E-state index in [0.717, 1.165) is 5.56 Å². The van der Waals surface area contributed by atoms with Crippen LogP contribution in [-0.4, -0.2) is 42.5 Å². The summed E-state index contributed by atoms with van der Waals surface area (Å²) < 4.78 is 21.4. The predicted molar refractivity (Wildman–Crippen MR) is 95.2 cm³/mol. The van der Waals surface area contributed by atoms with Crippen molar-refractivity contribution < 1.29 is 13.6 Å². The normalized spacial score (nSPS) is 18.0. The molecule has 1 unspecified atom stereocenters. The number of thiocarbonyl (C=S) groups is 1. The third kappa shape index (κ3) is 3.34. The second-order valence-electron chi connectivity index (χ2n) is 6.11. The van der Waals surface area contributed by atoms with Crippen molar-refractivity contribution in [2.24, 2.45) is 0 Å². The molecule has 0 aromatic heterocycles. The van der Waals surface area contributed by atoms with Crippen molar-refractivity contribution in [1.82, 2.24) is 4.90 Å². The number of carbonyl (C=O) groups excluding carboxylic acids is 1. The van der Waals surface area contributed by atoms with Gasteiger partial charge >= 0.3 is 0 Å². The number of hydrogen-bond acceptors (Lipinski definition) is 5. The first-order valence-electron chi connectivity index (χ1n) is 7.43. The Morgan fingerprint density at radius 2 is 2.08 bits per heavy atom. The molecular formula is C16H18N3O3S2-. The van der Waals surface area contributed by atoms with Crippen LogP contribution in [0.2, 0.25) is 0 Å². The van der Waals surface area contributed by atoms with Crippen LogP contribution in [0.1, 0.15) is 31.4 Å². The number of carbonyl (C=O) groups is 1. The summed E-state index contributed by atoms with van der Waals surface area (Å²) in [5.74, 6) is -0.140. The van der Waals surface area contributed by atoms with Gasteiger partial charge < -0.3 is 9.45 Å². The van der Waals surface area contributed by atoms with E-state index in [1.807, 2.05) is 0 Å². The fourth-order valence-corrected chi connectivity index (χ4v) is 3.56. The van der Waals surface area contributed by atoms with E-state index in [9.17, 15) is 13.6 Å². The lowest BCUT2D eigenvalue weighted by Crippen LogP contribution is -2.44. The first kappa shape index (κ1) is 18.5. The maximum atomic E-state index is 12.8. The summed E-state index contributed by atoms with van der Waals surface area (Å²) in [5.41, 5.74) is 1.09. The highest BCUT2D eigenvalue weighted by Crippen LogP contribution is 2.33. The minimum Gasteiger partial charge on any atom is -0.772 e. The highest BCUT2D eigenvalue weighted by Gasteiger charge is 2.49. The van der Waals surface area contributed by atoms with E-state index in [1.54, 1.807) is 43.9 Å². The van der Waals surface area contributed by atoms with Gasteiger partial charge in [-0.05, 0) is 63.2 Å². The smallest absolute Gasteiger partial charge is 0.258 e. The van der Waals surface area contributed by atoms with Crippen LogP contribution in [0, 0.1) is 18.3 Å². The van der Waals surface area contributed by atoms with Crippen LogP contribution in [-0.2, 0) is 15.9 Å². The lowest BCUT2D eigenvalue weighted by Gasteiger charge is -2.29. The van der Waals surface area contributed by atoms with Crippen LogP contribution in [0.4, 0.5) is 5.69 Å². The second kappa shape index (κ2) is 6.97. The number of anilines is 1. The van der Waals surface area contributed by atoms with Crippen LogP contribution in [0.3, 0.4) is 0 Å². The van der Waals surface area contributed by atoms with Gasteiger partial charge in [0.2, 0.25) is 0 Å². The first-order valence-corrected chi connectivity index (χ1v) is 9.08. The average Bonchev–Trinajstić information content (AvgIpc) is 2.66. The molecule has 0 spiro atoms. The van der Waals surface area contributed by atoms with Crippen LogP contribution >= 0.6 is 12.2 Å². The molecule has 0 N–H and O–H groups in total. The summed E-state index contributed by atoms with van der Waals surface area (Å²) in [6.45, 7) is 5.73. The van der Waals surface area contributed by atoms with Crippen molar-refractivity contribution in [3.63, 3.8) is 0 Å². The van der Waals surface area contributed by atoms with Gasteiger partial charge in [0.05, 0.1) is 17.3 Å². The van der Waals surface area contributed by atoms with Gasteiger partial charge in [0.15, 0.2) is 5.11 Å². The number of rotatable bonds is 5. The second-order valence-corrected chi connectivity index (χ2v) is 7.49. The first-order chi connectivity index (χ1) is 11.2. The fourth-order valence-electron chi connectivity index (χ4n) is 2.69. The number of hydrogen-bond donors (Lipinski definition) is 0. The Hall–Kier alpha value is -1.82. The Balaban J connectivity index is 2.30. The zero-order chi connectivity index (χ0) is 18.1. The SMILES string of the molecule is Cc1cc(N2C(=O)C(C)(C)N(CCCS(=O)[O-])C2=S)ccc1C#N. The topological polar surface area (TPSA) is 87.5 Å². The molecule has 1 aliphatic heterocycles. The Morgan fingerprint density at radius 1 is 1.42 bits per heavy atom. The van der Waals surface area contributed by atoms with E-state index in [1.165, 1.54) is 4.90 Å². The van der Waals surface area contributed by atoms with Crippen LogP contribution in [0.25, 0.3) is 0 Å². The molecule has 1 aromatic carbocycles. The Labute approximate surface area is 149 Å². The molecule has 0 aliphatic carbocycles. The maximum Gasteiger partial charge on any atom is 0.258 e. The van der Waals surface area contributed by atoms with Gasteiger partial charge in [-0.25, -0.2) is 0 Å². The molecule has 0 radical (unpaired) electrons. The largest absolute Gasteiger partial charge is 0.772 e. The quantitative estimate of drug-likeness (QED) is 0.585. The van der Waals surface area contributed by atoms with Gasteiger partial charge in [-0.1, -0.05) is 11.1 Å². The molecule has 8 heteroatoms. The van der Waals surface area contributed by atoms with Gasteiger partial charge in [-0.15, -0.1) is 0 Å². The highest BCUT2D eigenvalue weighted by molar-refractivity contribution is 7.80. The molecule has 128 valence electrons. The molecule has 6 nitrogen and oxygen atoms in total. The minimum absolute atomic E-state index is 0.0271. The number of aryl methyl sites for hydroxylation is 1. The zero-order valence-corrected chi connectivity index (χ0v) is 15.4. The molecule has 0 saturated carbocycles. The molecule has 1 aliphatic rings. The molecule has 1 saturated heterocycles. The molecule has 1 amide bonds. The molecule has 1 fully saturated rings. The van der Waals surface area contributed by atoms with Crippen molar-refractivity contribution in [3.05, 3.63) is 29.3 Å². The zero-order valence-electron chi connectivity index (χ0n) is 13.7. The standard InChI is InChI=1S/C16H19N3O3S2/c1-11-9-13(6-5-12(11)10-17)19-14(20)16(2,3)18(15(19)23)7-4-8-24(21)22/h5-6,9H,4,7-8H2,1-3H3,(H,21,22)/p-1. The predicted octanol–water partition coefficient (Wildman–Crippen LogP) is 1.85. The van der Waals surface area contributed by atoms with E-state index in [2.05, 4.69) is 6.07 Å². The average molecular weight is 364 g/mol. The van der Waals surface area contributed by atoms with Crippen LogP contribution < -0.4 is 4.90 Å². The van der Waals surface area contributed by atoms with Gasteiger partial charge in [-0.2, -0.15) is 5.26 Å². The van der Waals surface area contributed by atoms with E-state index in [4.69, 9.17) is 17.5 Å². The Morgan fingerprint density at radius 3 is 2.62 bits per heavy atom. The molecule has 1 atom stereocenters. The monoisotopic (exact) mass is 364 g/mol. The summed E-state index contributed by atoms with van der Waals surface area (Å²) in [6.07, 6.45) is 0.396. The van der Waals surface area contributed by atoms with Gasteiger partial charge in [0.1, 0.15) is 5.54 Å². The molecule has 1 heterocycles.